The molecule has 2 aromatic carbocycles. The minimum atomic E-state index is -0.568. The van der Waals surface area contributed by atoms with Crippen LogP contribution in [0.15, 0.2) is 59.7 Å². The highest BCUT2D eigenvalue weighted by atomic mass is 32.1. The average Bonchev–Trinajstić information content (AvgIpc) is 3.20. The molecule has 0 unspecified atom stereocenters. The Morgan fingerprint density at radius 2 is 1.97 bits per heavy atom. The smallest absolute Gasteiger partial charge is 0.350 e. The first-order valence-electron chi connectivity index (χ1n) is 9.64. The average molecular weight is 452 g/mol. The number of nitrogens with zero attached hydrogens (tertiary/aromatic N) is 3. The summed E-state index contributed by atoms with van der Waals surface area (Å²) in [5.74, 6) is -1.66. The Kier molecular flexibility index (Phi) is 6.04. The molecule has 10 heteroatoms. The van der Waals surface area contributed by atoms with E-state index in [4.69, 9.17) is 4.74 Å². The lowest BCUT2D eigenvalue weighted by molar-refractivity contribution is -0.116. The first-order chi connectivity index (χ1) is 15.5. The summed E-state index contributed by atoms with van der Waals surface area (Å²) in [5, 5.41) is 2.86. The van der Waals surface area contributed by atoms with Crippen LogP contribution >= 0.6 is 11.3 Å². The second-order valence-corrected chi connectivity index (χ2v) is 7.67. The third-order valence-electron chi connectivity index (χ3n) is 4.48. The van der Waals surface area contributed by atoms with Crippen molar-refractivity contribution < 1.29 is 18.7 Å². The molecule has 2 heterocycles. The molecule has 32 heavy (non-hydrogen) atoms. The standard InChI is InChI=1S/C22H17FN4O4S/c1-2-31-21(30)19-18(13-6-4-3-5-7-13)26-22(32-19)25-17(28)11-27-12-24-16-9-8-14(23)10-15(16)20(27)29/h3-10,12H,2,11H2,1H3,(H,25,26,28). The molecule has 0 saturated carbocycles. The molecular formula is C22H17FN4O4S. The van der Waals surface area contributed by atoms with Gasteiger partial charge >= 0.3 is 5.97 Å². The number of ether oxygens (including phenoxy) is 1. The van der Waals surface area contributed by atoms with Crippen LogP contribution in [0.5, 0.6) is 0 Å². The van der Waals surface area contributed by atoms with E-state index in [0.717, 1.165) is 22.0 Å². The number of anilines is 1. The Labute approximate surface area is 185 Å². The molecule has 4 rings (SSSR count). The topological polar surface area (TPSA) is 103 Å². The molecule has 1 N–H and O–H groups in total. The zero-order valence-electron chi connectivity index (χ0n) is 16.9. The Morgan fingerprint density at radius 3 is 2.72 bits per heavy atom. The third-order valence-corrected chi connectivity index (χ3v) is 5.43. The second-order valence-electron chi connectivity index (χ2n) is 6.67. The van der Waals surface area contributed by atoms with Gasteiger partial charge in [-0.25, -0.2) is 19.2 Å². The molecule has 2 aromatic heterocycles. The molecule has 8 nitrogen and oxygen atoms in total. The minimum Gasteiger partial charge on any atom is -0.462 e. The number of halogens is 1. The number of amides is 1. The molecule has 0 aliphatic heterocycles. The van der Waals surface area contributed by atoms with Gasteiger partial charge in [-0.3, -0.25) is 14.2 Å². The first kappa shape index (κ1) is 21.3. The Balaban J connectivity index is 1.60. The molecule has 0 atom stereocenters. The number of rotatable bonds is 6. The van der Waals surface area contributed by atoms with E-state index in [0.29, 0.717) is 16.8 Å². The van der Waals surface area contributed by atoms with Crippen molar-refractivity contribution >= 4 is 39.2 Å². The summed E-state index contributed by atoms with van der Waals surface area (Å²) < 4.78 is 19.7. The number of benzene rings is 2. The zero-order valence-corrected chi connectivity index (χ0v) is 17.7. The summed E-state index contributed by atoms with van der Waals surface area (Å²) in [7, 11) is 0. The van der Waals surface area contributed by atoms with Gasteiger partial charge in [-0.05, 0) is 25.1 Å². The highest BCUT2D eigenvalue weighted by Gasteiger charge is 2.21. The van der Waals surface area contributed by atoms with Crippen molar-refractivity contribution in [1.82, 2.24) is 14.5 Å². The molecular weight excluding hydrogens is 435 g/mol. The molecule has 0 fully saturated rings. The van der Waals surface area contributed by atoms with Crippen LogP contribution in [-0.4, -0.2) is 33.0 Å². The van der Waals surface area contributed by atoms with Crippen molar-refractivity contribution in [2.24, 2.45) is 0 Å². The Hall–Kier alpha value is -3.92. The van der Waals surface area contributed by atoms with Gasteiger partial charge in [0.1, 0.15) is 17.2 Å². The van der Waals surface area contributed by atoms with Crippen LogP contribution in [0.2, 0.25) is 0 Å². The molecule has 4 aromatic rings. The van der Waals surface area contributed by atoms with Crippen LogP contribution in [0.4, 0.5) is 9.52 Å². The number of fused-ring (bicyclic) bond motifs is 1. The van der Waals surface area contributed by atoms with Crippen molar-refractivity contribution in [3.8, 4) is 11.3 Å². The van der Waals surface area contributed by atoms with Crippen LogP contribution in [0.25, 0.3) is 22.2 Å². The molecule has 0 aliphatic rings. The van der Waals surface area contributed by atoms with Crippen LogP contribution in [0.1, 0.15) is 16.6 Å². The highest BCUT2D eigenvalue weighted by Crippen LogP contribution is 2.31. The first-order valence-corrected chi connectivity index (χ1v) is 10.5. The molecule has 162 valence electrons. The third kappa shape index (κ3) is 4.40. The predicted molar refractivity (Wildman–Crippen MR) is 118 cm³/mol. The van der Waals surface area contributed by atoms with Crippen LogP contribution in [-0.2, 0) is 16.1 Å². The van der Waals surface area contributed by atoms with Crippen molar-refractivity contribution in [2.75, 3.05) is 11.9 Å². The summed E-state index contributed by atoms with van der Waals surface area (Å²) in [4.78, 5) is 46.2. The largest absolute Gasteiger partial charge is 0.462 e. The predicted octanol–water partition coefficient (Wildman–Crippen LogP) is 3.47. The summed E-state index contributed by atoms with van der Waals surface area (Å²) in [6.07, 6.45) is 1.23. The van der Waals surface area contributed by atoms with Crippen LogP contribution in [0.3, 0.4) is 0 Å². The number of hydrogen-bond acceptors (Lipinski definition) is 7. The van der Waals surface area contributed by atoms with Gasteiger partial charge in [0.05, 0.1) is 29.5 Å². The van der Waals surface area contributed by atoms with E-state index < -0.39 is 23.3 Å². The van der Waals surface area contributed by atoms with Gasteiger partial charge in [0.15, 0.2) is 5.13 Å². The Bertz CT molecular complexity index is 1370. The van der Waals surface area contributed by atoms with E-state index in [9.17, 15) is 18.8 Å². The van der Waals surface area contributed by atoms with Gasteiger partial charge in [0, 0.05) is 5.56 Å². The van der Waals surface area contributed by atoms with Crippen molar-refractivity contribution in [3.63, 3.8) is 0 Å². The summed E-state index contributed by atoms with van der Waals surface area (Å²) in [6.45, 7) is 1.55. The van der Waals surface area contributed by atoms with Crippen LogP contribution < -0.4 is 10.9 Å². The number of thiazole rings is 1. The summed E-state index contributed by atoms with van der Waals surface area (Å²) in [6, 6.07) is 12.7. The molecule has 1 amide bonds. The van der Waals surface area contributed by atoms with Crippen LogP contribution in [0, 0.1) is 5.82 Å². The van der Waals surface area contributed by atoms with Gasteiger partial charge in [0.25, 0.3) is 5.56 Å². The SMILES string of the molecule is CCOC(=O)c1sc(NC(=O)Cn2cnc3ccc(F)cc3c2=O)nc1-c1ccccc1. The molecule has 0 aliphatic carbocycles. The highest BCUT2D eigenvalue weighted by molar-refractivity contribution is 7.18. The van der Waals surface area contributed by atoms with Gasteiger partial charge in [-0.2, -0.15) is 0 Å². The minimum absolute atomic E-state index is 0.0745. The molecule has 0 saturated heterocycles. The molecule has 0 bridgehead atoms. The monoisotopic (exact) mass is 452 g/mol. The lowest BCUT2D eigenvalue weighted by Crippen LogP contribution is -2.27. The number of nitrogens with one attached hydrogen (secondary N) is 1. The van der Waals surface area contributed by atoms with Gasteiger partial charge in [0.2, 0.25) is 5.91 Å². The van der Waals surface area contributed by atoms with E-state index >= 15 is 0 Å². The molecule has 0 spiro atoms. The fourth-order valence-electron chi connectivity index (χ4n) is 3.06. The normalized spacial score (nSPS) is 10.8. The van der Waals surface area contributed by atoms with Gasteiger partial charge < -0.3 is 10.1 Å². The maximum absolute atomic E-state index is 13.5. The fraction of sp³-hybridized carbons (Fsp3) is 0.136. The molecule has 0 radical (unpaired) electrons. The zero-order chi connectivity index (χ0) is 22.7. The number of carbonyl (C=O) groups excluding carboxylic acids is 2. The van der Waals surface area contributed by atoms with E-state index in [1.807, 2.05) is 18.2 Å². The van der Waals surface area contributed by atoms with Crippen molar-refractivity contribution in [2.45, 2.75) is 13.5 Å². The van der Waals surface area contributed by atoms with E-state index in [1.54, 1.807) is 19.1 Å². The lowest BCUT2D eigenvalue weighted by Gasteiger charge is -2.06. The maximum atomic E-state index is 13.5. The van der Waals surface area contributed by atoms with E-state index in [2.05, 4.69) is 15.3 Å². The number of carbonyl (C=O) groups is 2. The van der Waals surface area contributed by atoms with E-state index in [1.165, 1.54) is 18.5 Å². The maximum Gasteiger partial charge on any atom is 0.350 e. The van der Waals surface area contributed by atoms with Gasteiger partial charge in [-0.15, -0.1) is 0 Å². The van der Waals surface area contributed by atoms with Crippen molar-refractivity contribution in [3.05, 3.63) is 75.9 Å². The Morgan fingerprint density at radius 1 is 1.19 bits per heavy atom. The fourth-order valence-corrected chi connectivity index (χ4v) is 3.96. The van der Waals surface area contributed by atoms with Crippen molar-refractivity contribution in [1.29, 1.82) is 0 Å². The lowest BCUT2D eigenvalue weighted by atomic mass is 10.1. The summed E-state index contributed by atoms with van der Waals surface area (Å²) >= 11 is 0.980. The quantitative estimate of drug-likeness (QED) is 0.450. The number of aromatic nitrogens is 3. The summed E-state index contributed by atoms with van der Waals surface area (Å²) in [5.41, 5.74) is 0.884. The second kappa shape index (κ2) is 9.06. The number of hydrogen-bond donors (Lipinski definition) is 1. The van der Waals surface area contributed by atoms with Gasteiger partial charge in [-0.1, -0.05) is 41.7 Å². The number of esters is 1. The van der Waals surface area contributed by atoms with E-state index in [-0.39, 0.29) is 28.5 Å².